The highest BCUT2D eigenvalue weighted by Crippen LogP contribution is 2.27. The molecule has 1 atom stereocenters. The number of ether oxygens (including phenoxy) is 2. The number of amides is 1. The van der Waals surface area contributed by atoms with Crippen molar-refractivity contribution in [2.75, 3.05) is 20.8 Å². The second kappa shape index (κ2) is 9.68. The molecule has 9 heteroatoms. The van der Waals surface area contributed by atoms with Crippen molar-refractivity contribution >= 4 is 27.5 Å². The Morgan fingerprint density at radius 3 is 2.53 bits per heavy atom. The number of carbonyl (C=O) groups is 1. The first-order valence-electron chi connectivity index (χ1n) is 9.63. The lowest BCUT2D eigenvalue weighted by Gasteiger charge is -2.33. The molecule has 2 aromatic rings. The largest absolute Gasteiger partial charge is 0.497 e. The number of carbonyl (C=O) groups excluding carboxylic acids is 1. The smallest absolute Gasteiger partial charge is 0.243 e. The summed E-state index contributed by atoms with van der Waals surface area (Å²) in [5, 5.41) is 3.31. The van der Waals surface area contributed by atoms with Crippen molar-refractivity contribution in [3.05, 3.63) is 53.1 Å². The summed E-state index contributed by atoms with van der Waals surface area (Å²) in [5.41, 5.74) is 0.744. The van der Waals surface area contributed by atoms with Gasteiger partial charge in [-0.3, -0.25) is 4.79 Å². The second-order valence-electron chi connectivity index (χ2n) is 6.98. The highest BCUT2D eigenvalue weighted by molar-refractivity contribution is 7.89. The van der Waals surface area contributed by atoms with Crippen LogP contribution in [0.5, 0.6) is 11.5 Å². The molecular formula is C21H25ClN2O5S. The quantitative estimate of drug-likeness (QED) is 0.697. The fourth-order valence-electron chi connectivity index (χ4n) is 3.52. The topological polar surface area (TPSA) is 84.9 Å². The predicted molar refractivity (Wildman–Crippen MR) is 114 cm³/mol. The maximum atomic E-state index is 13.1. The van der Waals surface area contributed by atoms with Gasteiger partial charge in [0, 0.05) is 23.7 Å². The van der Waals surface area contributed by atoms with Gasteiger partial charge in [0.2, 0.25) is 15.9 Å². The summed E-state index contributed by atoms with van der Waals surface area (Å²) in [7, 11) is -0.699. The zero-order valence-electron chi connectivity index (χ0n) is 16.9. The minimum absolute atomic E-state index is 0.126. The number of piperidine rings is 1. The van der Waals surface area contributed by atoms with Crippen molar-refractivity contribution in [3.8, 4) is 11.5 Å². The standard InChI is InChI=1S/C21H25ClN2O5S/c1-28-17-8-11-20(29-2)15(13-17)14-23-21(25)19-5-3-4-12-24(19)30(26,27)18-9-6-16(22)7-10-18/h6-11,13,19H,3-5,12,14H2,1-2H3,(H,23,25)/t19-/m1/s1. The van der Waals surface area contributed by atoms with Gasteiger partial charge in [-0.2, -0.15) is 4.31 Å². The highest BCUT2D eigenvalue weighted by atomic mass is 35.5. The molecule has 0 radical (unpaired) electrons. The first-order valence-corrected chi connectivity index (χ1v) is 11.4. The molecule has 0 saturated carbocycles. The minimum atomic E-state index is -3.81. The number of nitrogens with zero attached hydrogens (tertiary/aromatic N) is 1. The molecular weight excluding hydrogens is 428 g/mol. The molecule has 1 aliphatic rings. The molecule has 1 heterocycles. The Kier molecular flexibility index (Phi) is 7.23. The van der Waals surface area contributed by atoms with Gasteiger partial charge < -0.3 is 14.8 Å². The number of halogens is 1. The van der Waals surface area contributed by atoms with Crippen molar-refractivity contribution in [2.45, 2.75) is 36.7 Å². The van der Waals surface area contributed by atoms with Crippen molar-refractivity contribution in [1.29, 1.82) is 0 Å². The molecule has 0 unspecified atom stereocenters. The summed E-state index contributed by atoms with van der Waals surface area (Å²) < 4.78 is 38.1. The van der Waals surface area contributed by atoms with Crippen LogP contribution in [0.4, 0.5) is 0 Å². The number of rotatable bonds is 7. The van der Waals surface area contributed by atoms with Crippen LogP contribution < -0.4 is 14.8 Å². The van der Waals surface area contributed by atoms with E-state index in [1.807, 2.05) is 0 Å². The average Bonchev–Trinajstić information content (AvgIpc) is 2.77. The van der Waals surface area contributed by atoms with E-state index in [2.05, 4.69) is 5.32 Å². The fraction of sp³-hybridized carbons (Fsp3) is 0.381. The summed E-state index contributed by atoms with van der Waals surface area (Å²) in [5.74, 6) is 0.923. The third-order valence-corrected chi connectivity index (χ3v) is 7.29. The highest BCUT2D eigenvalue weighted by Gasteiger charge is 2.37. The van der Waals surface area contributed by atoms with E-state index < -0.39 is 16.1 Å². The summed E-state index contributed by atoms with van der Waals surface area (Å²) in [6.45, 7) is 0.496. The molecule has 2 aromatic carbocycles. The lowest BCUT2D eigenvalue weighted by Crippen LogP contribution is -2.51. The van der Waals surface area contributed by atoms with Gasteiger partial charge in [0.15, 0.2) is 0 Å². The molecule has 1 amide bonds. The zero-order valence-corrected chi connectivity index (χ0v) is 18.5. The lowest BCUT2D eigenvalue weighted by atomic mass is 10.0. The van der Waals surface area contributed by atoms with Crippen LogP contribution in [0.3, 0.4) is 0 Å². The Morgan fingerprint density at radius 2 is 1.87 bits per heavy atom. The molecule has 162 valence electrons. The third-order valence-electron chi connectivity index (χ3n) is 5.12. The summed E-state index contributed by atoms with van der Waals surface area (Å²) in [6, 6.07) is 10.5. The van der Waals surface area contributed by atoms with Gasteiger partial charge in [-0.1, -0.05) is 18.0 Å². The Balaban J connectivity index is 1.78. The molecule has 3 rings (SSSR count). The molecule has 0 spiro atoms. The van der Waals surface area contributed by atoms with Gasteiger partial charge in [-0.15, -0.1) is 0 Å². The van der Waals surface area contributed by atoms with Crippen LogP contribution in [0.15, 0.2) is 47.4 Å². The lowest BCUT2D eigenvalue weighted by molar-refractivity contribution is -0.125. The van der Waals surface area contributed by atoms with Crippen molar-refractivity contribution in [1.82, 2.24) is 9.62 Å². The summed E-state index contributed by atoms with van der Waals surface area (Å²) >= 11 is 5.88. The van der Waals surface area contributed by atoms with Crippen LogP contribution in [0.1, 0.15) is 24.8 Å². The second-order valence-corrected chi connectivity index (χ2v) is 9.30. The fourth-order valence-corrected chi connectivity index (χ4v) is 5.30. The van der Waals surface area contributed by atoms with Gasteiger partial charge in [0.25, 0.3) is 0 Å². The van der Waals surface area contributed by atoms with Crippen LogP contribution >= 0.6 is 11.6 Å². The number of hydrogen-bond acceptors (Lipinski definition) is 5. The molecule has 1 aliphatic heterocycles. The summed E-state index contributed by atoms with van der Waals surface area (Å²) in [4.78, 5) is 13.1. The Hall–Kier alpha value is -2.29. The number of nitrogens with one attached hydrogen (secondary N) is 1. The van der Waals surface area contributed by atoms with E-state index in [-0.39, 0.29) is 17.3 Å². The van der Waals surface area contributed by atoms with Gasteiger partial charge in [-0.05, 0) is 55.3 Å². The predicted octanol–water partition coefficient (Wildman–Crippen LogP) is 3.22. The number of sulfonamides is 1. The minimum Gasteiger partial charge on any atom is -0.497 e. The van der Waals surface area contributed by atoms with Crippen LogP contribution in [-0.2, 0) is 21.4 Å². The Labute approximate surface area is 182 Å². The van der Waals surface area contributed by atoms with E-state index in [1.165, 1.54) is 28.6 Å². The average molecular weight is 453 g/mol. The van der Waals surface area contributed by atoms with E-state index in [1.54, 1.807) is 32.4 Å². The van der Waals surface area contributed by atoms with Gasteiger partial charge in [0.05, 0.1) is 19.1 Å². The molecule has 7 nitrogen and oxygen atoms in total. The Bertz CT molecular complexity index is 995. The van der Waals surface area contributed by atoms with Crippen LogP contribution in [-0.4, -0.2) is 45.4 Å². The molecule has 0 aromatic heterocycles. The number of benzene rings is 2. The molecule has 0 aliphatic carbocycles. The molecule has 1 fully saturated rings. The molecule has 0 bridgehead atoms. The van der Waals surface area contributed by atoms with Crippen molar-refractivity contribution in [3.63, 3.8) is 0 Å². The van der Waals surface area contributed by atoms with Gasteiger partial charge >= 0.3 is 0 Å². The maximum Gasteiger partial charge on any atom is 0.243 e. The van der Waals surface area contributed by atoms with E-state index in [4.69, 9.17) is 21.1 Å². The van der Waals surface area contributed by atoms with Crippen LogP contribution in [0, 0.1) is 0 Å². The monoisotopic (exact) mass is 452 g/mol. The van der Waals surface area contributed by atoms with Gasteiger partial charge in [0.1, 0.15) is 17.5 Å². The third kappa shape index (κ3) is 4.88. The van der Waals surface area contributed by atoms with E-state index in [0.717, 1.165) is 12.0 Å². The van der Waals surface area contributed by atoms with E-state index in [9.17, 15) is 13.2 Å². The molecule has 30 heavy (non-hydrogen) atoms. The van der Waals surface area contributed by atoms with Crippen molar-refractivity contribution in [2.24, 2.45) is 0 Å². The normalized spacial score (nSPS) is 17.4. The Morgan fingerprint density at radius 1 is 1.13 bits per heavy atom. The van der Waals surface area contributed by atoms with Crippen LogP contribution in [0.2, 0.25) is 5.02 Å². The van der Waals surface area contributed by atoms with Gasteiger partial charge in [-0.25, -0.2) is 8.42 Å². The number of methoxy groups -OCH3 is 2. The first-order chi connectivity index (χ1) is 14.4. The zero-order chi connectivity index (χ0) is 21.7. The first kappa shape index (κ1) is 22.4. The number of hydrogen-bond donors (Lipinski definition) is 1. The van der Waals surface area contributed by atoms with Crippen LogP contribution in [0.25, 0.3) is 0 Å². The maximum absolute atomic E-state index is 13.1. The van der Waals surface area contributed by atoms with E-state index >= 15 is 0 Å². The SMILES string of the molecule is COc1ccc(OC)c(CNC(=O)[C@H]2CCCCN2S(=O)(=O)c2ccc(Cl)cc2)c1. The molecule has 1 N–H and O–H groups in total. The summed E-state index contributed by atoms with van der Waals surface area (Å²) in [6.07, 6.45) is 1.96. The molecule has 1 saturated heterocycles. The van der Waals surface area contributed by atoms with E-state index in [0.29, 0.717) is 35.9 Å². The van der Waals surface area contributed by atoms with Crippen molar-refractivity contribution < 1.29 is 22.7 Å².